The standard InChI is InChI=1S/C74H45NO3/c1-4-21-56-52(17-1)53-44-39-48(45-63(53)74(56)60-25-8-13-32-68(60)78-69-33-14-9-26-61(69)74)46-35-40-49(41-36-46)75(50-42-37-47(38-43-50)51-20-15-34-70-71(51)55-19-3-10-29-65(55)76-70)64-28-16-27-62-72(64)54-18-2-5-22-57(54)73(62)58-23-6-11-30-66(58)77-67-31-12-7-24-59(67)73/h1-45H. The number of rotatable bonds is 5. The van der Waals surface area contributed by atoms with E-state index in [1.807, 2.05) is 12.1 Å². The largest absolute Gasteiger partial charge is 0.457 e. The molecule has 0 atom stereocenters. The lowest BCUT2D eigenvalue weighted by atomic mass is 9.66. The van der Waals surface area contributed by atoms with E-state index in [1.54, 1.807) is 0 Å². The molecule has 0 N–H and O–H groups in total. The van der Waals surface area contributed by atoms with E-state index in [9.17, 15) is 0 Å². The maximum absolute atomic E-state index is 6.73. The highest BCUT2D eigenvalue weighted by atomic mass is 16.5. The van der Waals surface area contributed by atoms with Crippen LogP contribution < -0.4 is 14.4 Å². The molecule has 0 saturated carbocycles. The number of para-hydroxylation sites is 5. The van der Waals surface area contributed by atoms with Gasteiger partial charge in [-0.15, -0.1) is 0 Å². The number of ether oxygens (including phenoxy) is 2. The molecule has 12 aromatic carbocycles. The normalized spacial score (nSPS) is 14.1. The highest BCUT2D eigenvalue weighted by Crippen LogP contribution is 2.65. The van der Waals surface area contributed by atoms with Gasteiger partial charge in [0.25, 0.3) is 0 Å². The zero-order chi connectivity index (χ0) is 51.1. The highest BCUT2D eigenvalue weighted by Gasteiger charge is 2.53. The Bertz CT molecular complexity index is 4550. The van der Waals surface area contributed by atoms with Crippen molar-refractivity contribution >= 4 is 39.0 Å². The monoisotopic (exact) mass is 995 g/mol. The van der Waals surface area contributed by atoms with Crippen LogP contribution in [0.25, 0.3) is 66.4 Å². The minimum atomic E-state index is -0.616. The van der Waals surface area contributed by atoms with Gasteiger partial charge in [-0.1, -0.05) is 200 Å². The van der Waals surface area contributed by atoms with E-state index in [2.05, 4.69) is 266 Å². The van der Waals surface area contributed by atoms with E-state index < -0.39 is 10.8 Å². The summed E-state index contributed by atoms with van der Waals surface area (Å²) in [5, 5.41) is 2.24. The summed E-state index contributed by atoms with van der Waals surface area (Å²) in [5.41, 5.74) is 22.8. The van der Waals surface area contributed by atoms with Crippen molar-refractivity contribution in [3.8, 4) is 67.5 Å². The Morgan fingerprint density at radius 1 is 0.282 bits per heavy atom. The molecule has 17 rings (SSSR count). The van der Waals surface area contributed by atoms with Gasteiger partial charge in [0.2, 0.25) is 0 Å². The van der Waals surface area contributed by atoms with Crippen molar-refractivity contribution in [2.45, 2.75) is 10.8 Å². The molecule has 0 amide bonds. The van der Waals surface area contributed by atoms with Crippen LogP contribution in [0.1, 0.15) is 44.5 Å². The molecule has 0 fully saturated rings. The third kappa shape index (κ3) is 5.73. The van der Waals surface area contributed by atoms with Crippen molar-refractivity contribution in [1.82, 2.24) is 0 Å². The Balaban J connectivity index is 0.856. The van der Waals surface area contributed by atoms with Crippen molar-refractivity contribution in [2.75, 3.05) is 4.90 Å². The van der Waals surface area contributed by atoms with E-state index in [1.165, 1.54) is 44.5 Å². The van der Waals surface area contributed by atoms with Crippen LogP contribution in [0.15, 0.2) is 277 Å². The van der Waals surface area contributed by atoms with Crippen LogP contribution in [0, 0.1) is 0 Å². The number of hydrogen-bond acceptors (Lipinski definition) is 4. The summed E-state index contributed by atoms with van der Waals surface area (Å²) in [4.78, 5) is 2.46. The van der Waals surface area contributed by atoms with Crippen LogP contribution in [0.3, 0.4) is 0 Å². The fourth-order valence-electron chi connectivity index (χ4n) is 14.1. The Hall–Kier alpha value is -10.2. The van der Waals surface area contributed by atoms with Crippen molar-refractivity contribution in [3.05, 3.63) is 317 Å². The first-order chi connectivity index (χ1) is 38.7. The van der Waals surface area contributed by atoms with E-state index in [-0.39, 0.29) is 0 Å². The summed E-state index contributed by atoms with van der Waals surface area (Å²) in [6.07, 6.45) is 0. The fourth-order valence-corrected chi connectivity index (χ4v) is 14.1. The first kappa shape index (κ1) is 43.1. The van der Waals surface area contributed by atoms with Gasteiger partial charge >= 0.3 is 0 Å². The molecule has 0 unspecified atom stereocenters. The third-order valence-corrected chi connectivity index (χ3v) is 17.2. The maximum atomic E-state index is 6.73. The first-order valence-corrected chi connectivity index (χ1v) is 26.8. The lowest BCUT2D eigenvalue weighted by Crippen LogP contribution is -2.32. The summed E-state index contributed by atoms with van der Waals surface area (Å²) < 4.78 is 19.8. The van der Waals surface area contributed by atoms with Gasteiger partial charge in [0, 0.05) is 50.0 Å². The zero-order valence-electron chi connectivity index (χ0n) is 42.2. The van der Waals surface area contributed by atoms with E-state index in [0.717, 1.165) is 107 Å². The topological polar surface area (TPSA) is 34.8 Å². The summed E-state index contributed by atoms with van der Waals surface area (Å²) in [6, 6.07) is 99.2. The molecule has 4 aliphatic rings. The average Bonchev–Trinajstić information content (AvgIpc) is 3.21. The Morgan fingerprint density at radius 3 is 1.35 bits per heavy atom. The van der Waals surface area contributed by atoms with Crippen LogP contribution in [0.5, 0.6) is 23.0 Å². The molecule has 13 aromatic rings. The van der Waals surface area contributed by atoms with Gasteiger partial charge in [0.05, 0.1) is 16.5 Å². The van der Waals surface area contributed by atoms with Gasteiger partial charge in [-0.25, -0.2) is 0 Å². The highest BCUT2D eigenvalue weighted by molar-refractivity contribution is 6.12. The predicted octanol–water partition coefficient (Wildman–Crippen LogP) is 19.3. The van der Waals surface area contributed by atoms with Gasteiger partial charge in [0.1, 0.15) is 34.2 Å². The lowest BCUT2D eigenvalue weighted by molar-refractivity contribution is 0.436. The second-order valence-electron chi connectivity index (χ2n) is 20.9. The van der Waals surface area contributed by atoms with Gasteiger partial charge in [-0.2, -0.15) is 0 Å². The number of anilines is 3. The zero-order valence-corrected chi connectivity index (χ0v) is 42.2. The molecule has 0 saturated heterocycles. The summed E-state index contributed by atoms with van der Waals surface area (Å²) in [6.45, 7) is 0. The number of furan rings is 1. The Morgan fingerprint density at radius 2 is 0.718 bits per heavy atom. The first-order valence-electron chi connectivity index (χ1n) is 26.8. The third-order valence-electron chi connectivity index (χ3n) is 17.2. The average molecular weight is 996 g/mol. The van der Waals surface area contributed by atoms with E-state index in [4.69, 9.17) is 13.9 Å². The molecule has 4 nitrogen and oxygen atoms in total. The lowest BCUT2D eigenvalue weighted by Gasteiger charge is -2.39. The summed E-state index contributed by atoms with van der Waals surface area (Å²) >= 11 is 0. The molecule has 2 aliphatic carbocycles. The summed E-state index contributed by atoms with van der Waals surface area (Å²) in [7, 11) is 0. The fraction of sp³-hybridized carbons (Fsp3) is 0.0270. The molecule has 364 valence electrons. The van der Waals surface area contributed by atoms with Crippen molar-refractivity contribution < 1.29 is 13.9 Å². The molecule has 0 bridgehead atoms. The molecule has 4 heteroatoms. The van der Waals surface area contributed by atoms with Gasteiger partial charge in [0.15, 0.2) is 0 Å². The molecule has 2 aliphatic heterocycles. The second kappa shape index (κ2) is 16.2. The maximum Gasteiger partial charge on any atom is 0.136 e. The number of benzene rings is 12. The van der Waals surface area contributed by atoms with Crippen LogP contribution in [-0.2, 0) is 10.8 Å². The Kier molecular flexibility index (Phi) is 8.94. The minimum Gasteiger partial charge on any atom is -0.457 e. The number of fused-ring (bicyclic) bond motifs is 21. The molecular formula is C74H45NO3. The SMILES string of the molecule is c1ccc2c(c1)Oc1ccccc1C21c2ccccc2-c2ccc(-c3ccc(N(c4ccc(-c5cccc6oc7ccccc7c56)cc4)c4cccc5c4-c4ccccc4C54c5ccccc5Oc5ccccc54)cc3)cc21. The molecule has 78 heavy (non-hydrogen) atoms. The van der Waals surface area contributed by atoms with Gasteiger partial charge in [-0.05, 0) is 134 Å². The number of hydrogen-bond donors (Lipinski definition) is 0. The van der Waals surface area contributed by atoms with Crippen LogP contribution in [0.2, 0.25) is 0 Å². The second-order valence-corrected chi connectivity index (χ2v) is 20.9. The molecule has 0 radical (unpaired) electrons. The van der Waals surface area contributed by atoms with Crippen molar-refractivity contribution in [2.24, 2.45) is 0 Å². The van der Waals surface area contributed by atoms with Crippen LogP contribution >= 0.6 is 0 Å². The van der Waals surface area contributed by atoms with Gasteiger partial charge in [-0.3, -0.25) is 0 Å². The smallest absolute Gasteiger partial charge is 0.136 e. The summed E-state index contributed by atoms with van der Waals surface area (Å²) in [5.74, 6) is 3.53. The predicted molar refractivity (Wildman–Crippen MR) is 314 cm³/mol. The molecule has 2 spiro atoms. The molecule has 3 heterocycles. The molecular weight excluding hydrogens is 951 g/mol. The number of nitrogens with zero attached hydrogens (tertiary/aromatic N) is 1. The quantitative estimate of drug-likeness (QED) is 0.172. The minimum absolute atomic E-state index is 0.556. The van der Waals surface area contributed by atoms with Crippen molar-refractivity contribution in [3.63, 3.8) is 0 Å². The Labute approximate surface area is 451 Å². The molecule has 1 aromatic heterocycles. The van der Waals surface area contributed by atoms with E-state index in [0.29, 0.717) is 0 Å². The van der Waals surface area contributed by atoms with Crippen LogP contribution in [0.4, 0.5) is 17.1 Å². The van der Waals surface area contributed by atoms with Crippen LogP contribution in [-0.4, -0.2) is 0 Å². The van der Waals surface area contributed by atoms with Crippen molar-refractivity contribution in [1.29, 1.82) is 0 Å². The van der Waals surface area contributed by atoms with Gasteiger partial charge < -0.3 is 18.8 Å². The van der Waals surface area contributed by atoms with E-state index >= 15 is 0 Å².